The molecule has 0 saturated heterocycles. The molecule has 0 bridgehead atoms. The zero-order valence-corrected chi connectivity index (χ0v) is 11.1. The maximum atomic E-state index is 6.41. The number of hydrogen-bond acceptors (Lipinski definition) is 1. The van der Waals surface area contributed by atoms with E-state index in [0.717, 1.165) is 11.8 Å². The molecule has 2 atom stereocenters. The Morgan fingerprint density at radius 3 is 2.27 bits per heavy atom. The van der Waals surface area contributed by atoms with Crippen LogP contribution in [0.2, 0.25) is 0 Å². The Morgan fingerprint density at radius 2 is 1.87 bits per heavy atom. The number of rotatable bonds is 5. The van der Waals surface area contributed by atoms with Crippen molar-refractivity contribution in [3.8, 4) is 0 Å². The molecule has 0 heterocycles. The fourth-order valence-electron chi connectivity index (χ4n) is 3.32. The van der Waals surface area contributed by atoms with Crippen LogP contribution in [-0.2, 0) is 0 Å². The molecule has 1 rings (SSSR count). The predicted octanol–water partition coefficient (Wildman–Crippen LogP) is 3.97. The van der Waals surface area contributed by atoms with Crippen molar-refractivity contribution in [2.24, 2.45) is 23.0 Å². The van der Waals surface area contributed by atoms with Gasteiger partial charge >= 0.3 is 0 Å². The van der Waals surface area contributed by atoms with E-state index in [1.165, 1.54) is 38.5 Å². The van der Waals surface area contributed by atoms with E-state index >= 15 is 0 Å². The molecule has 0 aliphatic heterocycles. The molecule has 1 heteroatoms. The van der Waals surface area contributed by atoms with Gasteiger partial charge in [-0.1, -0.05) is 47.0 Å². The summed E-state index contributed by atoms with van der Waals surface area (Å²) in [6.07, 6.45) is 7.92. The van der Waals surface area contributed by atoms with Crippen LogP contribution in [0.1, 0.15) is 66.2 Å². The molecule has 2 unspecified atom stereocenters. The molecule has 0 aromatic heterocycles. The fraction of sp³-hybridized carbons (Fsp3) is 1.00. The first-order valence-corrected chi connectivity index (χ1v) is 6.76. The zero-order chi connectivity index (χ0) is 11.5. The minimum atomic E-state index is 0.437. The molecule has 1 aliphatic rings. The average Bonchev–Trinajstić information content (AvgIpc) is 2.54. The lowest BCUT2D eigenvalue weighted by Gasteiger charge is -2.33. The Kier molecular flexibility index (Phi) is 4.64. The molecule has 0 aromatic rings. The Bertz CT molecular complexity index is 182. The van der Waals surface area contributed by atoms with Crippen molar-refractivity contribution in [2.45, 2.75) is 72.3 Å². The molecule has 2 N–H and O–H groups in total. The van der Waals surface area contributed by atoms with Crippen molar-refractivity contribution < 1.29 is 0 Å². The molecular formula is C14H29N. The van der Waals surface area contributed by atoms with Crippen LogP contribution in [0.15, 0.2) is 0 Å². The predicted molar refractivity (Wildman–Crippen MR) is 67.8 cm³/mol. The third kappa shape index (κ3) is 3.21. The first-order chi connectivity index (χ1) is 7.01. The normalized spacial score (nSPS) is 27.2. The maximum absolute atomic E-state index is 6.41. The van der Waals surface area contributed by atoms with E-state index in [-0.39, 0.29) is 0 Å². The fourth-order valence-corrected chi connectivity index (χ4v) is 3.32. The van der Waals surface area contributed by atoms with E-state index < -0.39 is 0 Å². The summed E-state index contributed by atoms with van der Waals surface area (Å²) in [5, 5.41) is 0. The minimum Gasteiger partial charge on any atom is -0.327 e. The van der Waals surface area contributed by atoms with Gasteiger partial charge in [-0.15, -0.1) is 0 Å². The monoisotopic (exact) mass is 211 g/mol. The van der Waals surface area contributed by atoms with Crippen molar-refractivity contribution >= 4 is 0 Å². The third-order valence-corrected chi connectivity index (χ3v) is 4.62. The molecule has 1 aliphatic carbocycles. The van der Waals surface area contributed by atoms with E-state index in [0.29, 0.717) is 11.5 Å². The van der Waals surface area contributed by atoms with Gasteiger partial charge in [-0.2, -0.15) is 0 Å². The SMILES string of the molecule is CCC(CC)CC(N)C1CCCC1(C)C. The van der Waals surface area contributed by atoms with Gasteiger partial charge in [0.25, 0.3) is 0 Å². The van der Waals surface area contributed by atoms with Gasteiger partial charge in [0.05, 0.1) is 0 Å². The van der Waals surface area contributed by atoms with Gasteiger partial charge in [0, 0.05) is 6.04 Å². The molecule has 0 aromatic carbocycles. The lowest BCUT2D eigenvalue weighted by atomic mass is 9.75. The summed E-state index contributed by atoms with van der Waals surface area (Å²) >= 11 is 0. The van der Waals surface area contributed by atoms with Crippen LogP contribution in [0, 0.1) is 17.3 Å². The van der Waals surface area contributed by atoms with Gasteiger partial charge < -0.3 is 5.73 Å². The molecule has 0 amide bonds. The highest BCUT2D eigenvalue weighted by Crippen LogP contribution is 2.45. The zero-order valence-electron chi connectivity index (χ0n) is 11.1. The third-order valence-electron chi connectivity index (χ3n) is 4.62. The van der Waals surface area contributed by atoms with Gasteiger partial charge in [0.2, 0.25) is 0 Å². The second-order valence-corrected chi connectivity index (χ2v) is 6.07. The highest BCUT2D eigenvalue weighted by molar-refractivity contribution is 4.91. The van der Waals surface area contributed by atoms with Crippen LogP contribution in [0.4, 0.5) is 0 Å². The molecule has 1 nitrogen and oxygen atoms in total. The second-order valence-electron chi connectivity index (χ2n) is 6.07. The van der Waals surface area contributed by atoms with Gasteiger partial charge in [-0.05, 0) is 36.5 Å². The summed E-state index contributed by atoms with van der Waals surface area (Å²) < 4.78 is 0. The molecule has 0 radical (unpaired) electrons. The summed E-state index contributed by atoms with van der Waals surface area (Å²) in [6, 6.07) is 0.437. The minimum absolute atomic E-state index is 0.437. The van der Waals surface area contributed by atoms with Crippen LogP contribution >= 0.6 is 0 Å². The van der Waals surface area contributed by atoms with Crippen molar-refractivity contribution in [1.82, 2.24) is 0 Å². The Hall–Kier alpha value is -0.0400. The lowest BCUT2D eigenvalue weighted by Crippen LogP contribution is -2.37. The standard InChI is InChI=1S/C14H29N/c1-5-11(6-2)10-13(15)12-8-7-9-14(12,3)4/h11-13H,5-10,15H2,1-4H3. The van der Waals surface area contributed by atoms with Crippen LogP contribution in [0.5, 0.6) is 0 Å². The van der Waals surface area contributed by atoms with Gasteiger partial charge in [-0.3, -0.25) is 0 Å². The van der Waals surface area contributed by atoms with Crippen molar-refractivity contribution in [2.75, 3.05) is 0 Å². The van der Waals surface area contributed by atoms with Crippen molar-refractivity contribution in [3.05, 3.63) is 0 Å². The highest BCUT2D eigenvalue weighted by atomic mass is 14.7. The Morgan fingerprint density at radius 1 is 1.27 bits per heavy atom. The average molecular weight is 211 g/mol. The summed E-state index contributed by atoms with van der Waals surface area (Å²) in [5.41, 5.74) is 6.90. The first-order valence-electron chi connectivity index (χ1n) is 6.76. The number of hydrogen-bond donors (Lipinski definition) is 1. The highest BCUT2D eigenvalue weighted by Gasteiger charge is 2.38. The molecule has 1 fully saturated rings. The molecular weight excluding hydrogens is 182 g/mol. The summed E-state index contributed by atoms with van der Waals surface area (Å²) in [4.78, 5) is 0. The van der Waals surface area contributed by atoms with Gasteiger partial charge in [0.1, 0.15) is 0 Å². The summed E-state index contributed by atoms with van der Waals surface area (Å²) in [5.74, 6) is 1.61. The largest absolute Gasteiger partial charge is 0.327 e. The lowest BCUT2D eigenvalue weighted by molar-refractivity contribution is 0.198. The smallest absolute Gasteiger partial charge is 0.00748 e. The summed E-state index contributed by atoms with van der Waals surface area (Å²) in [6.45, 7) is 9.39. The maximum Gasteiger partial charge on any atom is 0.00748 e. The van der Waals surface area contributed by atoms with Crippen molar-refractivity contribution in [3.63, 3.8) is 0 Å². The molecule has 1 saturated carbocycles. The number of nitrogens with two attached hydrogens (primary N) is 1. The molecule has 0 spiro atoms. The second kappa shape index (κ2) is 5.34. The van der Waals surface area contributed by atoms with Crippen LogP contribution in [0.3, 0.4) is 0 Å². The molecule has 90 valence electrons. The van der Waals surface area contributed by atoms with E-state index in [1.54, 1.807) is 0 Å². The van der Waals surface area contributed by atoms with Crippen LogP contribution < -0.4 is 5.73 Å². The van der Waals surface area contributed by atoms with Crippen LogP contribution in [-0.4, -0.2) is 6.04 Å². The Labute approximate surface area is 95.8 Å². The van der Waals surface area contributed by atoms with E-state index in [2.05, 4.69) is 27.7 Å². The quantitative estimate of drug-likeness (QED) is 0.731. The van der Waals surface area contributed by atoms with Crippen molar-refractivity contribution in [1.29, 1.82) is 0 Å². The summed E-state index contributed by atoms with van der Waals surface area (Å²) in [7, 11) is 0. The van der Waals surface area contributed by atoms with E-state index in [9.17, 15) is 0 Å². The molecule has 15 heavy (non-hydrogen) atoms. The van der Waals surface area contributed by atoms with Gasteiger partial charge in [0.15, 0.2) is 0 Å². The first kappa shape index (κ1) is 13.0. The Balaban J connectivity index is 2.49. The van der Waals surface area contributed by atoms with Crippen LogP contribution in [0.25, 0.3) is 0 Å². The van der Waals surface area contributed by atoms with E-state index in [1.807, 2.05) is 0 Å². The topological polar surface area (TPSA) is 26.0 Å². The van der Waals surface area contributed by atoms with E-state index in [4.69, 9.17) is 5.73 Å². The van der Waals surface area contributed by atoms with Gasteiger partial charge in [-0.25, -0.2) is 0 Å².